The quantitative estimate of drug-likeness (QED) is 0.772. The van der Waals surface area contributed by atoms with Crippen molar-refractivity contribution < 1.29 is 4.79 Å². The first-order valence-electron chi connectivity index (χ1n) is 6.96. The average molecular weight is 265 g/mol. The van der Waals surface area contributed by atoms with E-state index < -0.39 is 0 Å². The summed E-state index contributed by atoms with van der Waals surface area (Å²) in [5, 5.41) is 0.731. The van der Waals surface area contributed by atoms with Crippen molar-refractivity contribution in [3.63, 3.8) is 0 Å². The molecule has 0 aromatic heterocycles. The molecule has 2 atom stereocenters. The molecule has 0 spiro atoms. The Hall–Kier alpha value is -0.820. The lowest BCUT2D eigenvalue weighted by Gasteiger charge is -2.27. The molecule has 0 N–H and O–H groups in total. The maximum atomic E-state index is 12.3. The van der Waals surface area contributed by atoms with Gasteiger partial charge in [-0.25, -0.2) is 0 Å². The number of benzene rings is 1. The smallest absolute Gasteiger partial charge is 0.140 e. The third kappa shape index (κ3) is 3.58. The standard InChI is InChI=1S/C16H21ClO/c1-2-12-4-3-5-14(10-12)16(18)11-13-6-8-15(17)9-7-13/h6-9,12,14H,2-5,10-11H2,1H3. The zero-order chi connectivity index (χ0) is 13.0. The summed E-state index contributed by atoms with van der Waals surface area (Å²) < 4.78 is 0. The molecule has 1 saturated carbocycles. The molecule has 0 radical (unpaired) electrons. The first-order chi connectivity index (χ1) is 8.69. The van der Waals surface area contributed by atoms with E-state index in [2.05, 4.69) is 6.92 Å². The summed E-state index contributed by atoms with van der Waals surface area (Å²) in [4.78, 5) is 12.3. The highest BCUT2D eigenvalue weighted by Gasteiger charge is 2.25. The Kier molecular flexibility index (Phi) is 4.82. The molecule has 0 aliphatic heterocycles. The predicted octanol–water partition coefficient (Wildman–Crippen LogP) is 4.67. The van der Waals surface area contributed by atoms with Crippen LogP contribution in [0.1, 0.15) is 44.6 Å². The molecule has 2 rings (SSSR count). The van der Waals surface area contributed by atoms with E-state index >= 15 is 0 Å². The van der Waals surface area contributed by atoms with Crippen LogP contribution in [0.25, 0.3) is 0 Å². The summed E-state index contributed by atoms with van der Waals surface area (Å²) in [5.41, 5.74) is 1.09. The molecule has 98 valence electrons. The Labute approximate surface area is 115 Å². The van der Waals surface area contributed by atoms with Gasteiger partial charge in [-0.2, -0.15) is 0 Å². The molecule has 0 bridgehead atoms. The minimum Gasteiger partial charge on any atom is -0.299 e. The zero-order valence-electron chi connectivity index (χ0n) is 11.0. The molecule has 2 unspecified atom stereocenters. The summed E-state index contributed by atoms with van der Waals surface area (Å²) in [6, 6.07) is 7.64. The molecule has 1 aliphatic rings. The Bertz CT molecular complexity index is 396. The van der Waals surface area contributed by atoms with Crippen molar-refractivity contribution in [2.75, 3.05) is 0 Å². The number of halogens is 1. The molecule has 1 nitrogen and oxygen atoms in total. The fraction of sp³-hybridized carbons (Fsp3) is 0.562. The first-order valence-corrected chi connectivity index (χ1v) is 7.34. The van der Waals surface area contributed by atoms with Gasteiger partial charge in [-0.1, -0.05) is 49.9 Å². The molecule has 18 heavy (non-hydrogen) atoms. The minimum absolute atomic E-state index is 0.291. The monoisotopic (exact) mass is 264 g/mol. The SMILES string of the molecule is CCC1CCCC(C(=O)Cc2ccc(Cl)cc2)C1. The summed E-state index contributed by atoms with van der Waals surface area (Å²) >= 11 is 5.85. The Balaban J connectivity index is 1.93. The Morgan fingerprint density at radius 3 is 2.67 bits per heavy atom. The third-order valence-electron chi connectivity index (χ3n) is 4.11. The number of rotatable bonds is 4. The van der Waals surface area contributed by atoms with Gasteiger partial charge in [0.1, 0.15) is 5.78 Å². The van der Waals surface area contributed by atoms with E-state index in [1.54, 1.807) is 0 Å². The second-order valence-corrected chi connectivity index (χ2v) is 5.84. The van der Waals surface area contributed by atoms with E-state index in [9.17, 15) is 4.79 Å². The zero-order valence-corrected chi connectivity index (χ0v) is 11.7. The average Bonchev–Trinajstić information content (AvgIpc) is 2.41. The molecule has 1 aromatic carbocycles. The molecule has 0 heterocycles. The summed E-state index contributed by atoms with van der Waals surface area (Å²) in [7, 11) is 0. The largest absolute Gasteiger partial charge is 0.299 e. The second kappa shape index (κ2) is 6.38. The maximum absolute atomic E-state index is 12.3. The Morgan fingerprint density at radius 1 is 1.28 bits per heavy atom. The molecule has 1 aromatic rings. The van der Waals surface area contributed by atoms with Gasteiger partial charge in [0.25, 0.3) is 0 Å². The van der Waals surface area contributed by atoms with Crippen LogP contribution in [0, 0.1) is 11.8 Å². The van der Waals surface area contributed by atoms with Gasteiger partial charge in [-0.3, -0.25) is 4.79 Å². The molecule has 2 heteroatoms. The number of carbonyl (C=O) groups is 1. The van der Waals surface area contributed by atoms with E-state index in [0.717, 1.165) is 29.3 Å². The van der Waals surface area contributed by atoms with Crippen molar-refractivity contribution in [3.8, 4) is 0 Å². The van der Waals surface area contributed by atoms with E-state index in [1.165, 1.54) is 19.3 Å². The highest BCUT2D eigenvalue weighted by Crippen LogP contribution is 2.32. The van der Waals surface area contributed by atoms with Crippen LogP contribution in [0.3, 0.4) is 0 Å². The van der Waals surface area contributed by atoms with Crippen molar-refractivity contribution in [1.29, 1.82) is 0 Å². The summed E-state index contributed by atoms with van der Waals surface area (Å²) in [5.74, 6) is 1.47. The van der Waals surface area contributed by atoms with Crippen LogP contribution in [-0.4, -0.2) is 5.78 Å². The molecule has 1 aliphatic carbocycles. The molecule has 0 amide bonds. The topological polar surface area (TPSA) is 17.1 Å². The normalized spacial score (nSPS) is 23.9. The van der Waals surface area contributed by atoms with Crippen LogP contribution in [0.2, 0.25) is 5.02 Å². The lowest BCUT2D eigenvalue weighted by Crippen LogP contribution is -2.24. The van der Waals surface area contributed by atoms with Gasteiger partial charge in [0.2, 0.25) is 0 Å². The predicted molar refractivity (Wildman–Crippen MR) is 75.9 cm³/mol. The highest BCUT2D eigenvalue weighted by molar-refractivity contribution is 6.30. The van der Waals surface area contributed by atoms with Gasteiger partial charge < -0.3 is 0 Å². The summed E-state index contributed by atoms with van der Waals surface area (Å²) in [6.45, 7) is 2.23. The minimum atomic E-state index is 0.291. The van der Waals surface area contributed by atoms with Crippen molar-refractivity contribution >= 4 is 17.4 Å². The highest BCUT2D eigenvalue weighted by atomic mass is 35.5. The van der Waals surface area contributed by atoms with Gasteiger partial charge in [0, 0.05) is 17.4 Å². The fourth-order valence-corrected chi connectivity index (χ4v) is 3.03. The summed E-state index contributed by atoms with van der Waals surface area (Å²) in [6.07, 6.45) is 6.49. The number of Topliss-reactive ketones (excluding diaryl/α,β-unsaturated/α-hetero) is 1. The molecular weight excluding hydrogens is 244 g/mol. The molecular formula is C16H21ClO. The van der Waals surface area contributed by atoms with Crippen molar-refractivity contribution in [1.82, 2.24) is 0 Å². The van der Waals surface area contributed by atoms with E-state index in [1.807, 2.05) is 24.3 Å². The number of ketones is 1. The molecule has 0 saturated heterocycles. The van der Waals surface area contributed by atoms with Crippen LogP contribution in [0.4, 0.5) is 0 Å². The number of carbonyl (C=O) groups excluding carboxylic acids is 1. The Morgan fingerprint density at radius 2 is 2.00 bits per heavy atom. The van der Waals surface area contributed by atoms with E-state index in [-0.39, 0.29) is 0 Å². The fourth-order valence-electron chi connectivity index (χ4n) is 2.90. The van der Waals surface area contributed by atoms with Crippen molar-refractivity contribution in [3.05, 3.63) is 34.9 Å². The van der Waals surface area contributed by atoms with Gasteiger partial charge in [0.05, 0.1) is 0 Å². The van der Waals surface area contributed by atoms with E-state index in [4.69, 9.17) is 11.6 Å². The van der Waals surface area contributed by atoms with Crippen LogP contribution < -0.4 is 0 Å². The van der Waals surface area contributed by atoms with Gasteiger partial charge in [0.15, 0.2) is 0 Å². The number of hydrogen-bond donors (Lipinski definition) is 0. The van der Waals surface area contributed by atoms with Crippen molar-refractivity contribution in [2.45, 2.75) is 45.4 Å². The van der Waals surface area contributed by atoms with Crippen molar-refractivity contribution in [2.24, 2.45) is 11.8 Å². The molecule has 1 fully saturated rings. The van der Waals surface area contributed by atoms with Gasteiger partial charge in [-0.05, 0) is 36.5 Å². The van der Waals surface area contributed by atoms with E-state index in [0.29, 0.717) is 18.1 Å². The second-order valence-electron chi connectivity index (χ2n) is 5.41. The van der Waals surface area contributed by atoms with Gasteiger partial charge >= 0.3 is 0 Å². The van der Waals surface area contributed by atoms with Crippen LogP contribution >= 0.6 is 11.6 Å². The van der Waals surface area contributed by atoms with Crippen LogP contribution in [0.5, 0.6) is 0 Å². The van der Waals surface area contributed by atoms with Gasteiger partial charge in [-0.15, -0.1) is 0 Å². The maximum Gasteiger partial charge on any atom is 0.140 e. The number of hydrogen-bond acceptors (Lipinski definition) is 1. The van der Waals surface area contributed by atoms with Crippen LogP contribution in [0.15, 0.2) is 24.3 Å². The van der Waals surface area contributed by atoms with Crippen LogP contribution in [-0.2, 0) is 11.2 Å². The third-order valence-corrected chi connectivity index (χ3v) is 4.36. The first kappa shape index (κ1) is 13.6. The lowest BCUT2D eigenvalue weighted by atomic mass is 9.77. The lowest BCUT2D eigenvalue weighted by molar-refractivity contribution is -0.123.